The molecule has 110 valence electrons. The Morgan fingerprint density at radius 3 is 2.50 bits per heavy atom. The summed E-state index contributed by atoms with van der Waals surface area (Å²) in [6.07, 6.45) is -0.771. The molecule has 0 aliphatic carbocycles. The van der Waals surface area contributed by atoms with Crippen LogP contribution in [0.3, 0.4) is 0 Å². The molecule has 0 saturated heterocycles. The summed E-state index contributed by atoms with van der Waals surface area (Å²) < 4.78 is 9.52. The number of carbonyl (C=O) groups excluding carboxylic acids is 2. The minimum atomic E-state index is -0.771. The first-order chi connectivity index (χ1) is 9.56. The van der Waals surface area contributed by atoms with Crippen molar-refractivity contribution in [1.29, 1.82) is 0 Å². The number of likely N-dealkylation sites (N-methyl/N-ethyl adjacent to an activating group) is 1. The molecule has 0 heterocycles. The minimum Gasteiger partial charge on any atom is -0.434 e. The number of rotatable bonds is 5. The largest absolute Gasteiger partial charge is 0.513 e. The highest BCUT2D eigenvalue weighted by Crippen LogP contribution is 2.16. The van der Waals surface area contributed by atoms with Gasteiger partial charge in [-0.05, 0) is 31.2 Å². The molecule has 1 aromatic carbocycles. The van der Waals surface area contributed by atoms with Crippen molar-refractivity contribution in [1.82, 2.24) is 4.90 Å². The van der Waals surface area contributed by atoms with Gasteiger partial charge in [0, 0.05) is 19.3 Å². The van der Waals surface area contributed by atoms with Gasteiger partial charge in [-0.1, -0.05) is 0 Å². The van der Waals surface area contributed by atoms with Crippen molar-refractivity contribution >= 4 is 17.9 Å². The van der Waals surface area contributed by atoms with Crippen LogP contribution in [0.15, 0.2) is 24.3 Å². The molecule has 7 nitrogen and oxygen atoms in total. The molecule has 0 fully saturated rings. The van der Waals surface area contributed by atoms with Crippen LogP contribution in [0.1, 0.15) is 6.92 Å². The van der Waals surface area contributed by atoms with Gasteiger partial charge in [-0.25, -0.2) is 9.59 Å². The number of benzene rings is 1. The van der Waals surface area contributed by atoms with Gasteiger partial charge >= 0.3 is 12.2 Å². The van der Waals surface area contributed by atoms with Crippen LogP contribution in [0, 0.1) is 0 Å². The van der Waals surface area contributed by atoms with Gasteiger partial charge in [0.1, 0.15) is 5.75 Å². The van der Waals surface area contributed by atoms with Crippen molar-refractivity contribution in [2.75, 3.05) is 32.1 Å². The molecular formula is C13H18N2O5. The Kier molecular flexibility index (Phi) is 6.31. The Hall–Kier alpha value is -2.28. The lowest BCUT2D eigenvalue weighted by atomic mass is 10.3. The third-order valence-electron chi connectivity index (χ3n) is 2.35. The van der Waals surface area contributed by atoms with Gasteiger partial charge in [0.15, 0.2) is 0 Å². The van der Waals surface area contributed by atoms with E-state index in [1.165, 1.54) is 4.90 Å². The number of urea groups is 1. The molecule has 2 amide bonds. The predicted octanol–water partition coefficient (Wildman–Crippen LogP) is 1.68. The highest BCUT2D eigenvalue weighted by molar-refractivity contribution is 5.89. The van der Waals surface area contributed by atoms with Crippen molar-refractivity contribution in [2.24, 2.45) is 0 Å². The number of nitrogens with one attached hydrogen (secondary N) is 1. The lowest BCUT2D eigenvalue weighted by Gasteiger charge is -2.16. The average Bonchev–Trinajstić information content (AvgIpc) is 2.41. The number of anilines is 1. The molecule has 1 rings (SSSR count). The quantitative estimate of drug-likeness (QED) is 0.633. The van der Waals surface area contributed by atoms with Gasteiger partial charge in [-0.3, -0.25) is 0 Å². The zero-order valence-electron chi connectivity index (χ0n) is 11.5. The molecule has 0 aliphatic heterocycles. The van der Waals surface area contributed by atoms with Gasteiger partial charge in [-0.2, -0.15) is 0 Å². The number of aliphatic hydroxyl groups excluding tert-OH is 1. The number of aliphatic hydroxyl groups is 1. The number of nitrogens with zero attached hydrogens (tertiary/aromatic N) is 1. The molecule has 0 aliphatic rings. The summed E-state index contributed by atoms with van der Waals surface area (Å²) in [5, 5.41) is 11.4. The number of amides is 2. The van der Waals surface area contributed by atoms with Crippen LogP contribution < -0.4 is 10.1 Å². The van der Waals surface area contributed by atoms with Gasteiger partial charge in [0.25, 0.3) is 0 Å². The summed E-state index contributed by atoms with van der Waals surface area (Å²) in [5.74, 6) is 0.324. The molecule has 0 aromatic heterocycles. The fraction of sp³-hybridized carbons (Fsp3) is 0.385. The van der Waals surface area contributed by atoms with Gasteiger partial charge in [0.05, 0.1) is 13.2 Å². The minimum absolute atomic E-state index is 0.101. The van der Waals surface area contributed by atoms with E-state index >= 15 is 0 Å². The van der Waals surface area contributed by atoms with Gasteiger partial charge < -0.3 is 24.8 Å². The summed E-state index contributed by atoms with van der Waals surface area (Å²) >= 11 is 0. The Labute approximate surface area is 117 Å². The van der Waals surface area contributed by atoms with Crippen molar-refractivity contribution < 1.29 is 24.2 Å². The van der Waals surface area contributed by atoms with E-state index in [-0.39, 0.29) is 25.8 Å². The number of hydrogen-bond donors (Lipinski definition) is 2. The highest BCUT2D eigenvalue weighted by Gasteiger charge is 2.08. The fourth-order valence-corrected chi connectivity index (χ4v) is 1.32. The predicted molar refractivity (Wildman–Crippen MR) is 72.8 cm³/mol. The molecule has 0 unspecified atom stereocenters. The number of hydrogen-bond acceptors (Lipinski definition) is 5. The van der Waals surface area contributed by atoms with Crippen LogP contribution in [-0.2, 0) is 4.74 Å². The van der Waals surface area contributed by atoms with E-state index in [0.29, 0.717) is 11.4 Å². The Balaban J connectivity index is 2.54. The fourth-order valence-electron chi connectivity index (χ4n) is 1.32. The van der Waals surface area contributed by atoms with Crippen molar-refractivity contribution in [3.63, 3.8) is 0 Å². The van der Waals surface area contributed by atoms with E-state index in [1.807, 2.05) is 0 Å². The lowest BCUT2D eigenvalue weighted by molar-refractivity contribution is 0.104. The smallest absolute Gasteiger partial charge is 0.434 e. The van der Waals surface area contributed by atoms with E-state index in [0.717, 1.165) is 0 Å². The Morgan fingerprint density at radius 1 is 1.30 bits per heavy atom. The molecule has 0 spiro atoms. The molecule has 0 radical (unpaired) electrons. The monoisotopic (exact) mass is 282 g/mol. The van der Waals surface area contributed by atoms with Crippen LogP contribution in [0.4, 0.5) is 15.3 Å². The first-order valence-corrected chi connectivity index (χ1v) is 6.14. The van der Waals surface area contributed by atoms with Gasteiger partial charge in [-0.15, -0.1) is 0 Å². The Bertz CT molecular complexity index is 447. The molecule has 1 aromatic rings. The molecule has 0 atom stereocenters. The second kappa shape index (κ2) is 8.00. The van der Waals surface area contributed by atoms with Crippen molar-refractivity contribution in [3.05, 3.63) is 24.3 Å². The van der Waals surface area contributed by atoms with Crippen molar-refractivity contribution in [2.45, 2.75) is 6.92 Å². The summed E-state index contributed by atoms with van der Waals surface area (Å²) in [6.45, 7) is 2.07. The lowest BCUT2D eigenvalue weighted by Crippen LogP contribution is -2.33. The second-order valence-corrected chi connectivity index (χ2v) is 3.88. The third-order valence-corrected chi connectivity index (χ3v) is 2.35. The zero-order valence-corrected chi connectivity index (χ0v) is 11.5. The van der Waals surface area contributed by atoms with Crippen LogP contribution in [0.5, 0.6) is 5.75 Å². The average molecular weight is 282 g/mol. The molecule has 0 bridgehead atoms. The molecular weight excluding hydrogens is 264 g/mol. The zero-order chi connectivity index (χ0) is 15.0. The SMILES string of the molecule is CCOC(=O)Oc1ccc(NC(=O)N(C)CCO)cc1. The maximum atomic E-state index is 11.6. The molecule has 20 heavy (non-hydrogen) atoms. The molecule has 0 saturated carbocycles. The van der Waals surface area contributed by atoms with Crippen LogP contribution in [-0.4, -0.2) is 49.0 Å². The van der Waals surface area contributed by atoms with E-state index < -0.39 is 6.16 Å². The van der Waals surface area contributed by atoms with E-state index in [2.05, 4.69) is 10.1 Å². The Morgan fingerprint density at radius 2 is 1.95 bits per heavy atom. The first-order valence-electron chi connectivity index (χ1n) is 6.14. The van der Waals surface area contributed by atoms with Crippen LogP contribution >= 0.6 is 0 Å². The van der Waals surface area contributed by atoms with Crippen LogP contribution in [0.2, 0.25) is 0 Å². The first kappa shape index (κ1) is 15.8. The topological polar surface area (TPSA) is 88.1 Å². The van der Waals surface area contributed by atoms with Crippen LogP contribution in [0.25, 0.3) is 0 Å². The highest BCUT2D eigenvalue weighted by atomic mass is 16.7. The standard InChI is InChI=1S/C13H18N2O5/c1-3-19-13(18)20-11-6-4-10(5-7-11)14-12(17)15(2)8-9-16/h4-7,16H,3,8-9H2,1-2H3,(H,14,17). The molecule has 7 heteroatoms. The maximum absolute atomic E-state index is 11.6. The van der Waals surface area contributed by atoms with Crippen molar-refractivity contribution in [3.8, 4) is 5.75 Å². The van der Waals surface area contributed by atoms with E-state index in [4.69, 9.17) is 9.84 Å². The maximum Gasteiger partial charge on any atom is 0.513 e. The number of carbonyl (C=O) groups is 2. The molecule has 2 N–H and O–H groups in total. The third kappa shape index (κ3) is 5.15. The summed E-state index contributed by atoms with van der Waals surface area (Å²) in [4.78, 5) is 24.1. The normalized spacial score (nSPS) is 9.75. The summed E-state index contributed by atoms with van der Waals surface area (Å²) in [7, 11) is 1.57. The van der Waals surface area contributed by atoms with E-state index in [9.17, 15) is 9.59 Å². The number of ether oxygens (including phenoxy) is 2. The van der Waals surface area contributed by atoms with Gasteiger partial charge in [0.2, 0.25) is 0 Å². The summed E-state index contributed by atoms with van der Waals surface area (Å²) in [6, 6.07) is 5.94. The summed E-state index contributed by atoms with van der Waals surface area (Å²) in [5.41, 5.74) is 0.552. The van der Waals surface area contributed by atoms with E-state index in [1.54, 1.807) is 38.2 Å². The second-order valence-electron chi connectivity index (χ2n) is 3.88.